The molecule has 0 radical (unpaired) electrons. The molecule has 1 aliphatic rings. The number of aromatic nitrogens is 1. The summed E-state index contributed by atoms with van der Waals surface area (Å²) < 4.78 is 14.4. The summed E-state index contributed by atoms with van der Waals surface area (Å²) in [5, 5.41) is 2.17. The van der Waals surface area contributed by atoms with Crippen LogP contribution in [0.25, 0.3) is 0 Å². The second-order valence-corrected chi connectivity index (χ2v) is 7.30. The SMILES string of the molecule is CC(=O)Nc1c(F)cc(N2C(=O)N(Cc3ccncc3)C(C)(C)C2=O)cc1Cl. The molecule has 0 saturated carbocycles. The minimum atomic E-state index is -1.14. The van der Waals surface area contributed by atoms with Gasteiger partial charge in [-0.3, -0.25) is 14.6 Å². The van der Waals surface area contributed by atoms with E-state index in [9.17, 15) is 18.8 Å². The van der Waals surface area contributed by atoms with Crippen molar-refractivity contribution < 1.29 is 18.8 Å². The number of nitrogens with one attached hydrogen (secondary N) is 1. The molecule has 0 atom stereocenters. The van der Waals surface area contributed by atoms with Gasteiger partial charge in [0.1, 0.15) is 11.4 Å². The smallest absolute Gasteiger partial charge is 0.323 e. The lowest BCUT2D eigenvalue weighted by Crippen LogP contribution is -2.43. The third-order valence-electron chi connectivity index (χ3n) is 4.50. The molecule has 1 saturated heterocycles. The predicted molar refractivity (Wildman–Crippen MR) is 102 cm³/mol. The Kier molecular flexibility index (Phi) is 5.08. The van der Waals surface area contributed by atoms with Gasteiger partial charge in [-0.2, -0.15) is 0 Å². The number of rotatable bonds is 4. The molecular formula is C19H18ClFN4O3. The molecule has 1 aromatic heterocycles. The number of nitrogens with zero attached hydrogens (tertiary/aromatic N) is 3. The van der Waals surface area contributed by atoms with Gasteiger partial charge >= 0.3 is 6.03 Å². The van der Waals surface area contributed by atoms with E-state index in [1.807, 2.05) is 0 Å². The number of carbonyl (C=O) groups is 3. The van der Waals surface area contributed by atoms with E-state index in [0.29, 0.717) is 0 Å². The van der Waals surface area contributed by atoms with Crippen LogP contribution in [-0.2, 0) is 16.1 Å². The largest absolute Gasteiger partial charge is 0.332 e. The van der Waals surface area contributed by atoms with Crippen LogP contribution < -0.4 is 10.2 Å². The number of urea groups is 1. The van der Waals surface area contributed by atoms with Gasteiger partial charge in [0.2, 0.25) is 5.91 Å². The van der Waals surface area contributed by atoms with Gasteiger partial charge < -0.3 is 10.2 Å². The topological polar surface area (TPSA) is 82.6 Å². The first-order valence-electron chi connectivity index (χ1n) is 8.44. The monoisotopic (exact) mass is 404 g/mol. The molecule has 2 aromatic rings. The Bertz CT molecular complexity index is 942. The molecule has 146 valence electrons. The Morgan fingerprint density at radius 2 is 1.89 bits per heavy atom. The van der Waals surface area contributed by atoms with Crippen molar-refractivity contribution in [2.45, 2.75) is 32.9 Å². The van der Waals surface area contributed by atoms with Gasteiger partial charge in [0.25, 0.3) is 5.91 Å². The highest BCUT2D eigenvalue weighted by molar-refractivity contribution is 6.34. The Hall–Kier alpha value is -3.00. The Morgan fingerprint density at radius 1 is 1.25 bits per heavy atom. The third kappa shape index (κ3) is 3.43. The van der Waals surface area contributed by atoms with Crippen molar-refractivity contribution in [3.63, 3.8) is 0 Å². The average Bonchev–Trinajstić information content (AvgIpc) is 2.78. The zero-order valence-electron chi connectivity index (χ0n) is 15.5. The highest BCUT2D eigenvalue weighted by Gasteiger charge is 2.51. The van der Waals surface area contributed by atoms with Gasteiger partial charge in [-0.25, -0.2) is 14.1 Å². The molecule has 1 fully saturated rings. The van der Waals surface area contributed by atoms with Crippen LogP contribution in [0.3, 0.4) is 0 Å². The number of hydrogen-bond donors (Lipinski definition) is 1. The zero-order chi connectivity index (χ0) is 20.6. The number of anilines is 2. The van der Waals surface area contributed by atoms with Crippen LogP contribution in [0.15, 0.2) is 36.7 Å². The Labute approximate surface area is 166 Å². The number of pyridine rings is 1. The molecule has 0 bridgehead atoms. The fraction of sp³-hybridized carbons (Fsp3) is 0.263. The lowest BCUT2D eigenvalue weighted by molar-refractivity contribution is -0.123. The lowest BCUT2D eigenvalue weighted by atomic mass is 10.0. The first-order valence-corrected chi connectivity index (χ1v) is 8.82. The number of carbonyl (C=O) groups excluding carboxylic acids is 3. The molecule has 0 spiro atoms. The summed E-state index contributed by atoms with van der Waals surface area (Å²) >= 11 is 6.07. The molecule has 0 aliphatic carbocycles. The van der Waals surface area contributed by atoms with Crippen molar-refractivity contribution in [1.82, 2.24) is 9.88 Å². The number of amides is 4. The van der Waals surface area contributed by atoms with Crippen LogP contribution in [0.4, 0.5) is 20.6 Å². The van der Waals surface area contributed by atoms with Gasteiger partial charge in [0.15, 0.2) is 0 Å². The van der Waals surface area contributed by atoms with Gasteiger partial charge in [0.05, 0.1) is 16.4 Å². The zero-order valence-corrected chi connectivity index (χ0v) is 16.2. The highest BCUT2D eigenvalue weighted by atomic mass is 35.5. The van der Waals surface area contributed by atoms with E-state index in [1.54, 1.807) is 38.4 Å². The van der Waals surface area contributed by atoms with Crippen LogP contribution in [0.1, 0.15) is 26.3 Å². The summed E-state index contributed by atoms with van der Waals surface area (Å²) in [6.07, 6.45) is 3.19. The molecule has 28 heavy (non-hydrogen) atoms. The van der Waals surface area contributed by atoms with Crippen molar-refractivity contribution in [1.29, 1.82) is 0 Å². The highest BCUT2D eigenvalue weighted by Crippen LogP contribution is 2.37. The molecule has 0 unspecified atom stereocenters. The van der Waals surface area contributed by atoms with Gasteiger partial charge in [-0.05, 0) is 37.6 Å². The minimum absolute atomic E-state index is 0.00287. The summed E-state index contributed by atoms with van der Waals surface area (Å²) in [6, 6.07) is 5.18. The van der Waals surface area contributed by atoms with E-state index in [0.717, 1.165) is 16.5 Å². The van der Waals surface area contributed by atoms with E-state index in [2.05, 4.69) is 10.3 Å². The normalized spacial score (nSPS) is 15.9. The van der Waals surface area contributed by atoms with Gasteiger partial charge in [0, 0.05) is 31.9 Å². The van der Waals surface area contributed by atoms with Crippen molar-refractivity contribution in [3.8, 4) is 0 Å². The van der Waals surface area contributed by atoms with Crippen LogP contribution in [0, 0.1) is 5.82 Å². The Balaban J connectivity index is 1.98. The molecule has 4 amide bonds. The molecule has 1 aliphatic heterocycles. The van der Waals surface area contributed by atoms with E-state index < -0.39 is 29.2 Å². The van der Waals surface area contributed by atoms with Crippen molar-refractivity contribution >= 4 is 40.8 Å². The number of benzene rings is 1. The fourth-order valence-electron chi connectivity index (χ4n) is 2.98. The second-order valence-electron chi connectivity index (χ2n) is 6.89. The first kappa shape index (κ1) is 19.8. The van der Waals surface area contributed by atoms with E-state index in [-0.39, 0.29) is 22.9 Å². The molecule has 3 rings (SSSR count). The predicted octanol–water partition coefficient (Wildman–Crippen LogP) is 3.58. The van der Waals surface area contributed by atoms with Gasteiger partial charge in [-0.15, -0.1) is 0 Å². The Morgan fingerprint density at radius 3 is 2.46 bits per heavy atom. The van der Waals surface area contributed by atoms with E-state index in [4.69, 9.17) is 11.6 Å². The summed E-state index contributed by atoms with van der Waals surface area (Å²) in [7, 11) is 0. The van der Waals surface area contributed by atoms with E-state index in [1.165, 1.54) is 17.9 Å². The summed E-state index contributed by atoms with van der Waals surface area (Å²) in [6.45, 7) is 4.66. The van der Waals surface area contributed by atoms with Crippen LogP contribution >= 0.6 is 11.6 Å². The van der Waals surface area contributed by atoms with Crippen LogP contribution in [-0.4, -0.2) is 33.3 Å². The fourth-order valence-corrected chi connectivity index (χ4v) is 3.23. The third-order valence-corrected chi connectivity index (χ3v) is 4.80. The maximum absolute atomic E-state index is 14.4. The maximum atomic E-state index is 14.4. The van der Waals surface area contributed by atoms with Crippen LogP contribution in [0.5, 0.6) is 0 Å². The van der Waals surface area contributed by atoms with E-state index >= 15 is 0 Å². The molecular weight excluding hydrogens is 387 g/mol. The number of halogens is 2. The molecule has 1 N–H and O–H groups in total. The maximum Gasteiger partial charge on any atom is 0.332 e. The van der Waals surface area contributed by atoms with Crippen LogP contribution in [0.2, 0.25) is 5.02 Å². The standard InChI is InChI=1S/C19H18ClFN4O3/c1-11(26)23-16-14(20)8-13(9-15(16)21)25-17(27)19(2,3)24(18(25)28)10-12-4-6-22-7-5-12/h4-9H,10H2,1-3H3,(H,23,26). The minimum Gasteiger partial charge on any atom is -0.323 e. The summed E-state index contributed by atoms with van der Waals surface area (Å²) in [5.74, 6) is -1.84. The van der Waals surface area contributed by atoms with Crippen molar-refractivity contribution in [2.24, 2.45) is 0 Å². The second kappa shape index (κ2) is 7.20. The lowest BCUT2D eigenvalue weighted by Gasteiger charge is -2.27. The molecule has 1 aromatic carbocycles. The molecule has 2 heterocycles. The number of imide groups is 1. The molecule has 9 heteroatoms. The van der Waals surface area contributed by atoms with Crippen molar-refractivity contribution in [2.75, 3.05) is 10.2 Å². The van der Waals surface area contributed by atoms with Crippen molar-refractivity contribution in [3.05, 3.63) is 53.1 Å². The first-order chi connectivity index (χ1) is 13.1. The summed E-state index contributed by atoms with van der Waals surface area (Å²) in [5.41, 5.74) is -0.544. The van der Waals surface area contributed by atoms with Gasteiger partial charge in [-0.1, -0.05) is 11.6 Å². The quantitative estimate of drug-likeness (QED) is 0.789. The summed E-state index contributed by atoms with van der Waals surface area (Å²) in [4.78, 5) is 43.4. The molecule has 7 nitrogen and oxygen atoms in total. The number of hydrogen-bond acceptors (Lipinski definition) is 4. The average molecular weight is 405 g/mol.